The van der Waals surface area contributed by atoms with E-state index < -0.39 is 20.0 Å². The number of hydrogen-bond donors (Lipinski definition) is 2. The number of nitrogens with zero attached hydrogens (tertiary/aromatic N) is 6. The summed E-state index contributed by atoms with van der Waals surface area (Å²) in [7, 11) is -1.14. The molecule has 0 saturated carbocycles. The summed E-state index contributed by atoms with van der Waals surface area (Å²) in [6.07, 6.45) is 2.77. The summed E-state index contributed by atoms with van der Waals surface area (Å²) < 4.78 is 8.68. The minimum atomic E-state index is -2.88. The van der Waals surface area contributed by atoms with Crippen LogP contribution >= 0.6 is 0 Å². The minimum Gasteiger partial charge on any atom is -0.432 e. The van der Waals surface area contributed by atoms with Gasteiger partial charge in [0, 0.05) is 49.7 Å². The molecule has 2 N–H and O–H groups in total. The van der Waals surface area contributed by atoms with E-state index >= 15 is 0 Å². The third-order valence-electron chi connectivity index (χ3n) is 10.4. The molecular formula is C37H42N6O5Si. The van der Waals surface area contributed by atoms with Gasteiger partial charge in [-0.2, -0.15) is 5.10 Å². The average molecular weight is 679 g/mol. The van der Waals surface area contributed by atoms with Gasteiger partial charge in [0.1, 0.15) is 0 Å². The van der Waals surface area contributed by atoms with E-state index in [1.54, 1.807) is 16.6 Å². The van der Waals surface area contributed by atoms with Crippen molar-refractivity contribution in [3.05, 3.63) is 107 Å². The van der Waals surface area contributed by atoms with Gasteiger partial charge in [-0.15, -0.1) is 5.10 Å². The Kier molecular flexibility index (Phi) is 8.60. The number of carbonyl (C=O) groups is 2. The van der Waals surface area contributed by atoms with Crippen LogP contribution in [0.5, 0.6) is 0 Å². The van der Waals surface area contributed by atoms with Crippen molar-refractivity contribution in [3.63, 3.8) is 0 Å². The Labute approximate surface area is 286 Å². The highest BCUT2D eigenvalue weighted by Gasteiger charge is 2.65. The summed E-state index contributed by atoms with van der Waals surface area (Å²) in [6.45, 7) is 6.15. The molecule has 4 heterocycles. The molecule has 2 amide bonds. The standard InChI is InChI=1S/C37H42N6O5Si/c1-24-35(49(3,4)47)33(19-20-42-22-31(38-40-42)28(23-44)25-11-7-5-8-12-25)48-37(24)29-21-27(15-17-32(29)41(2)36(37)46)43-34(45)18-16-30(39-43)26-13-9-6-10-14-26/h5-15,17,21-22,24,28,33,35,44,47H,16,18-20,23H2,1-4H3/t24-,28?,33+,35-,37+/m0/s1. The zero-order valence-electron chi connectivity index (χ0n) is 28.2. The predicted molar refractivity (Wildman–Crippen MR) is 189 cm³/mol. The van der Waals surface area contributed by atoms with E-state index in [0.717, 1.165) is 16.8 Å². The first-order chi connectivity index (χ1) is 23.5. The van der Waals surface area contributed by atoms with Gasteiger partial charge >= 0.3 is 0 Å². The van der Waals surface area contributed by atoms with Crippen molar-refractivity contribution in [2.24, 2.45) is 11.0 Å². The number of ether oxygens (including phenoxy) is 1. The molecule has 0 radical (unpaired) electrons. The van der Waals surface area contributed by atoms with Gasteiger partial charge in [-0.25, -0.2) is 5.01 Å². The lowest BCUT2D eigenvalue weighted by atomic mass is 9.82. The summed E-state index contributed by atoms with van der Waals surface area (Å²) in [6, 6.07) is 25.1. The Balaban J connectivity index is 1.20. The molecule has 5 atom stereocenters. The fourth-order valence-electron chi connectivity index (χ4n) is 8.06. The van der Waals surface area contributed by atoms with Crippen LogP contribution in [0.2, 0.25) is 18.6 Å². The number of likely N-dealkylation sites (N-methyl/N-ethyl adjacent to an activating group) is 1. The summed E-state index contributed by atoms with van der Waals surface area (Å²) in [4.78, 5) is 40.8. The molecule has 4 aromatic rings. The Hall–Kier alpha value is -4.49. The number of hydrazone groups is 1. The van der Waals surface area contributed by atoms with Crippen LogP contribution < -0.4 is 9.91 Å². The van der Waals surface area contributed by atoms with Crippen molar-refractivity contribution in [3.8, 4) is 0 Å². The molecule has 3 aliphatic rings. The van der Waals surface area contributed by atoms with Crippen molar-refractivity contribution in [2.75, 3.05) is 23.6 Å². The quantitative estimate of drug-likeness (QED) is 0.243. The molecule has 1 saturated heterocycles. The van der Waals surface area contributed by atoms with Crippen LogP contribution in [0.25, 0.3) is 0 Å². The summed E-state index contributed by atoms with van der Waals surface area (Å²) >= 11 is 0. The van der Waals surface area contributed by atoms with Crippen molar-refractivity contribution < 1.29 is 24.2 Å². The maximum Gasteiger partial charge on any atom is 0.264 e. The van der Waals surface area contributed by atoms with Crippen molar-refractivity contribution >= 4 is 37.2 Å². The van der Waals surface area contributed by atoms with Gasteiger partial charge in [-0.3, -0.25) is 14.3 Å². The first kappa shape index (κ1) is 33.0. The first-order valence-corrected chi connectivity index (χ1v) is 19.9. The number of amides is 2. The van der Waals surface area contributed by atoms with E-state index in [0.29, 0.717) is 48.4 Å². The molecule has 0 aliphatic carbocycles. The highest BCUT2D eigenvalue weighted by atomic mass is 28.4. The van der Waals surface area contributed by atoms with Gasteiger partial charge in [0.05, 0.1) is 41.4 Å². The summed E-state index contributed by atoms with van der Waals surface area (Å²) in [5, 5.41) is 25.1. The molecule has 7 rings (SSSR count). The number of hydrogen-bond acceptors (Lipinski definition) is 8. The summed E-state index contributed by atoms with van der Waals surface area (Å²) in [5.74, 6) is -0.948. The number of aliphatic hydroxyl groups is 1. The van der Waals surface area contributed by atoms with E-state index in [-0.39, 0.29) is 35.8 Å². The second kappa shape index (κ2) is 12.8. The van der Waals surface area contributed by atoms with Crippen LogP contribution in [0, 0.1) is 5.92 Å². The van der Waals surface area contributed by atoms with Gasteiger partial charge in [0.2, 0.25) is 5.91 Å². The topological polar surface area (TPSA) is 133 Å². The molecule has 254 valence electrons. The Bertz CT molecular complexity index is 1890. The molecule has 3 aliphatic heterocycles. The lowest BCUT2D eigenvalue weighted by molar-refractivity contribution is -0.145. The zero-order chi connectivity index (χ0) is 34.5. The zero-order valence-corrected chi connectivity index (χ0v) is 29.2. The van der Waals surface area contributed by atoms with Gasteiger partial charge in [-0.1, -0.05) is 72.8 Å². The van der Waals surface area contributed by atoms with Crippen LogP contribution in [0.3, 0.4) is 0 Å². The van der Waals surface area contributed by atoms with Gasteiger partial charge in [0.15, 0.2) is 13.9 Å². The molecule has 1 spiro atoms. The molecule has 11 nitrogen and oxygen atoms in total. The maximum atomic E-state index is 14.3. The molecule has 12 heteroatoms. The van der Waals surface area contributed by atoms with Crippen LogP contribution in [-0.4, -0.2) is 70.5 Å². The Morgan fingerprint density at radius 1 is 1.02 bits per heavy atom. The number of aryl methyl sites for hydroxylation is 1. The van der Waals surface area contributed by atoms with E-state index in [1.165, 1.54) is 5.01 Å². The monoisotopic (exact) mass is 678 g/mol. The van der Waals surface area contributed by atoms with Gasteiger partial charge in [-0.05, 0) is 48.8 Å². The van der Waals surface area contributed by atoms with Crippen LogP contribution in [0.4, 0.5) is 11.4 Å². The lowest BCUT2D eigenvalue weighted by Crippen LogP contribution is -2.45. The first-order valence-electron chi connectivity index (χ1n) is 16.9. The lowest BCUT2D eigenvalue weighted by Gasteiger charge is -2.32. The summed E-state index contributed by atoms with van der Waals surface area (Å²) in [5.41, 5.74) is 3.78. The second-order valence-electron chi connectivity index (χ2n) is 13.9. The van der Waals surface area contributed by atoms with Crippen LogP contribution in [0.15, 0.2) is 90.2 Å². The predicted octanol–water partition coefficient (Wildman–Crippen LogP) is 4.80. The molecule has 1 fully saturated rings. The average Bonchev–Trinajstić information content (AvgIpc) is 3.75. The highest BCUT2D eigenvalue weighted by Crippen LogP contribution is 2.59. The largest absolute Gasteiger partial charge is 0.432 e. The normalized spacial score (nSPS) is 24.4. The molecular weight excluding hydrogens is 637 g/mol. The highest BCUT2D eigenvalue weighted by molar-refractivity contribution is 6.71. The Morgan fingerprint density at radius 2 is 1.73 bits per heavy atom. The van der Waals surface area contributed by atoms with E-state index in [1.807, 2.05) is 105 Å². The van der Waals surface area contributed by atoms with E-state index in [9.17, 15) is 19.5 Å². The van der Waals surface area contributed by atoms with Crippen molar-refractivity contribution in [1.29, 1.82) is 0 Å². The number of aliphatic hydroxyl groups excluding tert-OH is 1. The molecule has 3 aromatic carbocycles. The number of rotatable bonds is 9. The third kappa shape index (κ3) is 5.72. The fraction of sp³-hybridized carbons (Fsp3) is 0.378. The van der Waals surface area contributed by atoms with Crippen molar-refractivity contribution in [1.82, 2.24) is 15.0 Å². The second-order valence-corrected chi connectivity index (χ2v) is 17.9. The van der Waals surface area contributed by atoms with Gasteiger partial charge in [0.25, 0.3) is 5.91 Å². The van der Waals surface area contributed by atoms with E-state index in [2.05, 4.69) is 10.3 Å². The number of fused-ring (bicyclic) bond motifs is 2. The molecule has 1 aromatic heterocycles. The van der Waals surface area contributed by atoms with Crippen LogP contribution in [-0.2, 0) is 26.5 Å². The van der Waals surface area contributed by atoms with Crippen LogP contribution in [0.1, 0.15) is 54.5 Å². The smallest absolute Gasteiger partial charge is 0.264 e. The number of benzene rings is 3. The maximum absolute atomic E-state index is 14.3. The number of carbonyl (C=O) groups excluding carboxylic acids is 2. The minimum absolute atomic E-state index is 0.0974. The SMILES string of the molecule is C[C@H]1[C@H]([Si](C)(C)O)[C@@H](CCn2cc(C(CO)c3ccccc3)nn2)O[C@]12C(=O)N(C)c1ccc(N3N=C(c4ccccc4)CCC3=O)cc12. The Morgan fingerprint density at radius 3 is 2.43 bits per heavy atom. The fourth-order valence-corrected chi connectivity index (χ4v) is 10.7. The van der Waals surface area contributed by atoms with Gasteiger partial charge < -0.3 is 19.5 Å². The van der Waals surface area contributed by atoms with E-state index in [4.69, 9.17) is 9.84 Å². The van der Waals surface area contributed by atoms with Crippen molar-refractivity contribution in [2.45, 2.75) is 69.0 Å². The number of aromatic nitrogens is 3. The molecule has 49 heavy (non-hydrogen) atoms. The molecule has 0 bridgehead atoms. The number of anilines is 2. The molecule has 1 unspecified atom stereocenters. The third-order valence-corrected chi connectivity index (χ3v) is 12.9.